The number of hydrogen-bond acceptors (Lipinski definition) is 2. The maximum Gasteiger partial charge on any atom is 0.293 e. The van der Waals surface area contributed by atoms with Crippen LogP contribution < -0.4 is 0 Å². The molecule has 0 N–H and O–H groups in total. The van der Waals surface area contributed by atoms with E-state index in [2.05, 4.69) is 17.3 Å². The molecule has 0 saturated heterocycles. The first-order valence-electron chi connectivity index (χ1n) is 7.65. The van der Waals surface area contributed by atoms with Gasteiger partial charge in [-0.3, -0.25) is 4.79 Å². The van der Waals surface area contributed by atoms with Gasteiger partial charge in [-0.25, -0.2) is 0 Å². The van der Waals surface area contributed by atoms with Crippen molar-refractivity contribution in [1.29, 1.82) is 0 Å². The van der Waals surface area contributed by atoms with E-state index < -0.39 is 5.41 Å². The van der Waals surface area contributed by atoms with Crippen LogP contribution in [0, 0.1) is 34.0 Å². The van der Waals surface area contributed by atoms with Crippen LogP contribution in [0.4, 0.5) is 0 Å². The lowest BCUT2D eigenvalue weighted by atomic mass is 9.61. The summed E-state index contributed by atoms with van der Waals surface area (Å²) in [5.41, 5.74) is 0.682. The molecule has 4 aliphatic rings. The van der Waals surface area contributed by atoms with Crippen LogP contribution in [-0.4, -0.2) is 5.91 Å². The fourth-order valence-corrected chi connectivity index (χ4v) is 5.61. The molecule has 5 rings (SSSR count). The Kier molecular flexibility index (Phi) is 2.60. The zero-order valence-electron chi connectivity index (χ0n) is 11.5. The second-order valence-corrected chi connectivity index (χ2v) is 6.97. The summed E-state index contributed by atoms with van der Waals surface area (Å²) < 4.78 is 0. The Bertz CT molecular complexity index is 551. The van der Waals surface area contributed by atoms with Crippen molar-refractivity contribution >= 4 is 5.91 Å². The number of carbonyl (C=O) groups is 1. The van der Waals surface area contributed by atoms with E-state index in [4.69, 9.17) is 0 Å². The van der Waals surface area contributed by atoms with Gasteiger partial charge in [0, 0.05) is 5.18 Å². The molecule has 1 aromatic rings. The van der Waals surface area contributed by atoms with Crippen LogP contribution in [0.25, 0.3) is 0 Å². The van der Waals surface area contributed by atoms with Gasteiger partial charge in [0.1, 0.15) is 0 Å². The van der Waals surface area contributed by atoms with E-state index in [1.807, 2.05) is 18.2 Å². The van der Waals surface area contributed by atoms with Crippen LogP contribution >= 0.6 is 0 Å². The second kappa shape index (κ2) is 4.24. The minimum atomic E-state index is -0.485. The Morgan fingerprint density at radius 2 is 1.95 bits per heavy atom. The molecule has 104 valence electrons. The monoisotopic (exact) mass is 269 g/mol. The van der Waals surface area contributed by atoms with Gasteiger partial charge < -0.3 is 0 Å². The zero-order chi connectivity index (χ0) is 13.7. The summed E-state index contributed by atoms with van der Waals surface area (Å²) in [7, 11) is 0. The van der Waals surface area contributed by atoms with Crippen LogP contribution in [0.1, 0.15) is 31.2 Å². The third kappa shape index (κ3) is 1.49. The van der Waals surface area contributed by atoms with Crippen molar-refractivity contribution < 1.29 is 4.79 Å². The van der Waals surface area contributed by atoms with Gasteiger partial charge in [-0.1, -0.05) is 30.3 Å². The Hall–Kier alpha value is -1.51. The number of hydrogen-bond donors (Lipinski definition) is 0. The number of benzene rings is 1. The molecule has 4 bridgehead atoms. The molecule has 3 nitrogen and oxygen atoms in total. The topological polar surface area (TPSA) is 46.5 Å². The number of amides is 1. The molecular weight excluding hydrogens is 250 g/mol. The average Bonchev–Trinajstić information content (AvgIpc) is 2.88. The molecule has 0 aliphatic heterocycles. The zero-order valence-corrected chi connectivity index (χ0v) is 11.5. The first-order chi connectivity index (χ1) is 9.74. The number of nitrogens with zero attached hydrogens (tertiary/aromatic N) is 1. The fourth-order valence-electron chi connectivity index (χ4n) is 5.61. The van der Waals surface area contributed by atoms with E-state index in [9.17, 15) is 9.70 Å². The van der Waals surface area contributed by atoms with Crippen molar-refractivity contribution in [3.63, 3.8) is 0 Å². The molecule has 0 radical (unpaired) electrons. The van der Waals surface area contributed by atoms with Crippen molar-refractivity contribution in [1.82, 2.24) is 0 Å². The third-order valence-electron chi connectivity index (χ3n) is 6.21. The first kappa shape index (κ1) is 12.2. The Labute approximate surface area is 118 Å². The Morgan fingerprint density at radius 1 is 1.15 bits per heavy atom. The molecule has 0 spiro atoms. The van der Waals surface area contributed by atoms with E-state index >= 15 is 0 Å². The average molecular weight is 269 g/mol. The lowest BCUT2D eigenvalue weighted by Crippen LogP contribution is -2.44. The van der Waals surface area contributed by atoms with Crippen molar-refractivity contribution in [2.45, 2.75) is 32.1 Å². The Morgan fingerprint density at radius 3 is 2.65 bits per heavy atom. The predicted molar refractivity (Wildman–Crippen MR) is 75.8 cm³/mol. The van der Waals surface area contributed by atoms with Gasteiger partial charge in [-0.15, -0.1) is 4.91 Å². The van der Waals surface area contributed by atoms with Crippen LogP contribution in [0.5, 0.6) is 0 Å². The summed E-state index contributed by atoms with van der Waals surface area (Å²) in [6.07, 6.45) is 5.37. The molecule has 4 saturated carbocycles. The van der Waals surface area contributed by atoms with Gasteiger partial charge >= 0.3 is 0 Å². The minimum Gasteiger partial charge on any atom is -0.268 e. The van der Waals surface area contributed by atoms with E-state index in [0.29, 0.717) is 24.2 Å². The van der Waals surface area contributed by atoms with Gasteiger partial charge in [0.05, 0.1) is 5.41 Å². The SMILES string of the molecule is O=NC(=O)C1(Cc2ccccc2)C2CC3CC(C2)C1C3. The largest absolute Gasteiger partial charge is 0.293 e. The summed E-state index contributed by atoms with van der Waals surface area (Å²) in [6, 6.07) is 10.1. The lowest BCUT2D eigenvalue weighted by Gasteiger charge is -2.41. The van der Waals surface area contributed by atoms with Crippen LogP contribution in [0.3, 0.4) is 0 Å². The molecule has 0 aromatic heterocycles. The highest BCUT2D eigenvalue weighted by Crippen LogP contribution is 2.68. The Balaban J connectivity index is 1.76. The summed E-state index contributed by atoms with van der Waals surface area (Å²) in [4.78, 5) is 23.5. The molecule has 3 heteroatoms. The molecule has 5 atom stereocenters. The van der Waals surface area contributed by atoms with Crippen molar-refractivity contribution in [2.24, 2.45) is 34.3 Å². The van der Waals surface area contributed by atoms with E-state index in [0.717, 1.165) is 25.2 Å². The molecule has 20 heavy (non-hydrogen) atoms. The van der Waals surface area contributed by atoms with Crippen molar-refractivity contribution in [2.75, 3.05) is 0 Å². The highest BCUT2D eigenvalue weighted by atomic mass is 16.3. The molecule has 5 unspecified atom stereocenters. The first-order valence-corrected chi connectivity index (χ1v) is 7.65. The molecule has 4 fully saturated rings. The van der Waals surface area contributed by atoms with Gasteiger partial charge in [0.2, 0.25) is 0 Å². The predicted octanol–water partition coefficient (Wildman–Crippen LogP) is 3.57. The minimum absolute atomic E-state index is 0.376. The number of rotatable bonds is 3. The molecular formula is C17H19NO2. The highest BCUT2D eigenvalue weighted by molar-refractivity contribution is 5.85. The maximum atomic E-state index is 12.4. The summed E-state index contributed by atoms with van der Waals surface area (Å²) in [6.45, 7) is 0. The van der Waals surface area contributed by atoms with Gasteiger partial charge in [-0.2, -0.15) is 0 Å². The van der Waals surface area contributed by atoms with Crippen LogP contribution in [0.2, 0.25) is 0 Å². The van der Waals surface area contributed by atoms with Crippen LogP contribution in [-0.2, 0) is 11.2 Å². The molecule has 1 amide bonds. The van der Waals surface area contributed by atoms with E-state index in [1.165, 1.54) is 12.0 Å². The van der Waals surface area contributed by atoms with Gasteiger partial charge in [0.15, 0.2) is 0 Å². The van der Waals surface area contributed by atoms with Crippen molar-refractivity contribution in [3.8, 4) is 0 Å². The van der Waals surface area contributed by atoms with Gasteiger partial charge in [-0.05, 0) is 61.3 Å². The quantitative estimate of drug-likeness (QED) is 0.787. The summed E-state index contributed by atoms with van der Waals surface area (Å²) in [5, 5.41) is 2.89. The number of carbonyl (C=O) groups excluding carboxylic acids is 1. The summed E-state index contributed by atoms with van der Waals surface area (Å²) >= 11 is 0. The second-order valence-electron chi connectivity index (χ2n) is 6.97. The van der Waals surface area contributed by atoms with E-state index in [-0.39, 0.29) is 5.91 Å². The maximum absolute atomic E-state index is 12.4. The standard InChI is InChI=1S/C17H19NO2/c19-16(18-20)17(10-11-4-2-1-3-5-11)14-7-12-6-13(9-14)15(17)8-12/h1-5,12-15H,6-10H2. The summed E-state index contributed by atoms with van der Waals surface area (Å²) in [5.74, 6) is 1.87. The van der Waals surface area contributed by atoms with Crippen LogP contribution in [0.15, 0.2) is 35.5 Å². The third-order valence-corrected chi connectivity index (χ3v) is 6.21. The van der Waals surface area contributed by atoms with Crippen molar-refractivity contribution in [3.05, 3.63) is 40.8 Å². The molecule has 4 aliphatic carbocycles. The fraction of sp³-hybridized carbons (Fsp3) is 0.588. The smallest absolute Gasteiger partial charge is 0.268 e. The molecule has 0 heterocycles. The van der Waals surface area contributed by atoms with E-state index in [1.54, 1.807) is 0 Å². The number of nitroso groups, excluding NO2 is 1. The lowest BCUT2D eigenvalue weighted by molar-refractivity contribution is -0.134. The van der Waals surface area contributed by atoms with Gasteiger partial charge in [0.25, 0.3) is 5.91 Å². The highest BCUT2D eigenvalue weighted by Gasteiger charge is 2.65. The molecule has 1 aromatic carbocycles. The normalized spacial score (nSPS) is 41.0.